The van der Waals surface area contributed by atoms with Crippen molar-refractivity contribution >= 4 is 22.9 Å². The summed E-state index contributed by atoms with van der Waals surface area (Å²) >= 11 is 0. The highest BCUT2D eigenvalue weighted by Gasteiger charge is 2.12. The first-order valence-electron chi connectivity index (χ1n) is 9.61. The zero-order valence-electron chi connectivity index (χ0n) is 16.6. The molecule has 0 saturated heterocycles. The lowest BCUT2D eigenvalue weighted by Gasteiger charge is -2.22. The van der Waals surface area contributed by atoms with Gasteiger partial charge in [-0.1, -0.05) is 6.07 Å². The van der Waals surface area contributed by atoms with Gasteiger partial charge in [0.25, 0.3) is 0 Å². The summed E-state index contributed by atoms with van der Waals surface area (Å²) in [5, 5.41) is 3.06. The van der Waals surface area contributed by atoms with Crippen LogP contribution in [0.5, 0.6) is 0 Å². The van der Waals surface area contributed by atoms with Crippen LogP contribution < -0.4 is 10.2 Å². The van der Waals surface area contributed by atoms with Gasteiger partial charge in [-0.25, -0.2) is 4.98 Å². The number of anilines is 2. The molecule has 2 aromatic heterocycles. The maximum atomic E-state index is 12.5. The predicted octanol–water partition coefficient (Wildman–Crippen LogP) is 4.37. The Labute approximate surface area is 161 Å². The molecular weight excluding hydrogens is 336 g/mol. The smallest absolute Gasteiger partial charge is 0.224 e. The van der Waals surface area contributed by atoms with Gasteiger partial charge in [-0.3, -0.25) is 4.79 Å². The molecule has 0 radical (unpaired) electrons. The Bertz CT molecular complexity index is 941. The van der Waals surface area contributed by atoms with Crippen LogP contribution in [0.3, 0.4) is 0 Å². The maximum absolute atomic E-state index is 12.5. The minimum atomic E-state index is 0.0268. The number of benzene rings is 1. The number of carbonyl (C=O) groups excluding carboxylic acids is 1. The fourth-order valence-corrected chi connectivity index (χ4v) is 3.48. The van der Waals surface area contributed by atoms with Crippen LogP contribution in [0.2, 0.25) is 0 Å². The molecule has 0 atom stereocenters. The molecule has 1 amide bonds. The van der Waals surface area contributed by atoms with Gasteiger partial charge in [-0.2, -0.15) is 0 Å². The van der Waals surface area contributed by atoms with Gasteiger partial charge in [-0.15, -0.1) is 0 Å². The first kappa shape index (κ1) is 19.0. The Morgan fingerprint density at radius 2 is 1.93 bits per heavy atom. The number of pyridine rings is 1. The molecule has 0 aliphatic carbocycles. The third-order valence-electron chi connectivity index (χ3n) is 5.03. The zero-order chi connectivity index (χ0) is 19.4. The molecule has 0 spiro atoms. The van der Waals surface area contributed by atoms with E-state index in [0.29, 0.717) is 12.8 Å². The highest BCUT2D eigenvalue weighted by Crippen LogP contribution is 2.23. The number of nitrogens with one attached hydrogen (secondary N) is 1. The van der Waals surface area contributed by atoms with Crippen molar-refractivity contribution in [2.45, 2.75) is 40.5 Å². The summed E-state index contributed by atoms with van der Waals surface area (Å²) < 4.78 is 2.06. The zero-order valence-corrected chi connectivity index (χ0v) is 16.6. The first-order chi connectivity index (χ1) is 13.0. The Hall–Kier alpha value is -2.82. The largest absolute Gasteiger partial charge is 0.372 e. The van der Waals surface area contributed by atoms with E-state index in [-0.39, 0.29) is 5.91 Å². The number of rotatable bonds is 7. The number of hydrogen-bond donors (Lipinski definition) is 1. The monoisotopic (exact) mass is 364 g/mol. The van der Waals surface area contributed by atoms with Crippen LogP contribution in [-0.4, -0.2) is 28.4 Å². The van der Waals surface area contributed by atoms with Gasteiger partial charge in [0.15, 0.2) is 0 Å². The van der Waals surface area contributed by atoms with Crippen molar-refractivity contribution in [1.29, 1.82) is 0 Å². The molecule has 5 nitrogen and oxygen atoms in total. The van der Waals surface area contributed by atoms with Gasteiger partial charge >= 0.3 is 0 Å². The lowest BCUT2D eigenvalue weighted by Crippen LogP contribution is -2.22. The van der Waals surface area contributed by atoms with E-state index in [2.05, 4.69) is 45.6 Å². The van der Waals surface area contributed by atoms with Crippen molar-refractivity contribution in [3.63, 3.8) is 0 Å². The predicted molar refractivity (Wildman–Crippen MR) is 112 cm³/mol. The third-order valence-corrected chi connectivity index (χ3v) is 5.03. The molecule has 27 heavy (non-hydrogen) atoms. The van der Waals surface area contributed by atoms with Gasteiger partial charge in [0, 0.05) is 42.8 Å². The normalized spacial score (nSPS) is 11.0. The summed E-state index contributed by atoms with van der Waals surface area (Å²) in [6, 6.07) is 12.2. The summed E-state index contributed by atoms with van der Waals surface area (Å²) in [7, 11) is 0. The second-order valence-electron chi connectivity index (χ2n) is 6.79. The summed E-state index contributed by atoms with van der Waals surface area (Å²) in [5.74, 6) is 0.0268. The SMILES string of the molecule is CCN(CC)c1ccc(NC(=O)CCc2c(C)nc3ccccn23)c(C)c1. The average molecular weight is 364 g/mol. The molecular formula is C22H28N4O. The molecule has 0 aliphatic rings. The van der Waals surface area contributed by atoms with Crippen molar-refractivity contribution in [1.82, 2.24) is 9.38 Å². The van der Waals surface area contributed by atoms with E-state index in [0.717, 1.165) is 41.4 Å². The Balaban J connectivity index is 1.66. The second-order valence-corrected chi connectivity index (χ2v) is 6.79. The fourth-order valence-electron chi connectivity index (χ4n) is 3.48. The first-order valence-corrected chi connectivity index (χ1v) is 9.61. The summed E-state index contributed by atoms with van der Waals surface area (Å²) in [5.41, 5.74) is 6.15. The molecule has 1 N–H and O–H groups in total. The van der Waals surface area contributed by atoms with Gasteiger partial charge < -0.3 is 14.6 Å². The van der Waals surface area contributed by atoms with E-state index in [1.54, 1.807) is 0 Å². The lowest BCUT2D eigenvalue weighted by atomic mass is 10.1. The van der Waals surface area contributed by atoms with E-state index < -0.39 is 0 Å². The standard InChI is InChI=1S/C22H28N4O/c1-5-25(6-2)18-10-11-19(16(3)15-18)24-22(27)13-12-20-17(4)23-21-9-7-8-14-26(20)21/h7-11,14-15H,5-6,12-13H2,1-4H3,(H,24,27). The summed E-state index contributed by atoms with van der Waals surface area (Å²) in [4.78, 5) is 19.3. The number of carbonyl (C=O) groups is 1. The number of imidazole rings is 1. The van der Waals surface area contributed by atoms with Crippen LogP contribution in [-0.2, 0) is 11.2 Å². The van der Waals surface area contributed by atoms with Gasteiger partial charge in [0.1, 0.15) is 5.65 Å². The van der Waals surface area contributed by atoms with Gasteiger partial charge in [-0.05, 0) is 70.0 Å². The third kappa shape index (κ3) is 4.13. The molecule has 0 bridgehead atoms. The molecule has 0 aliphatic heterocycles. The molecule has 0 fully saturated rings. The molecule has 0 unspecified atom stereocenters. The number of aryl methyl sites for hydroxylation is 3. The molecule has 142 valence electrons. The topological polar surface area (TPSA) is 49.6 Å². The van der Waals surface area contributed by atoms with Gasteiger partial charge in [0.05, 0.1) is 5.69 Å². The molecule has 3 aromatic rings. The minimum Gasteiger partial charge on any atom is -0.372 e. The molecule has 0 saturated carbocycles. The Morgan fingerprint density at radius 3 is 2.63 bits per heavy atom. The van der Waals surface area contributed by atoms with E-state index in [4.69, 9.17) is 0 Å². The maximum Gasteiger partial charge on any atom is 0.224 e. The quantitative estimate of drug-likeness (QED) is 0.677. The Morgan fingerprint density at radius 1 is 1.15 bits per heavy atom. The second kappa shape index (κ2) is 8.25. The minimum absolute atomic E-state index is 0.0268. The lowest BCUT2D eigenvalue weighted by molar-refractivity contribution is -0.116. The van der Waals surface area contributed by atoms with Crippen molar-refractivity contribution < 1.29 is 4.79 Å². The van der Waals surface area contributed by atoms with Crippen LogP contribution in [0.4, 0.5) is 11.4 Å². The molecule has 1 aromatic carbocycles. The van der Waals surface area contributed by atoms with Gasteiger partial charge in [0.2, 0.25) is 5.91 Å². The number of aromatic nitrogens is 2. The molecule has 5 heteroatoms. The average Bonchev–Trinajstić information content (AvgIpc) is 2.98. The van der Waals surface area contributed by atoms with E-state index in [1.165, 1.54) is 5.69 Å². The van der Waals surface area contributed by atoms with Crippen LogP contribution >= 0.6 is 0 Å². The van der Waals surface area contributed by atoms with Crippen LogP contribution in [0, 0.1) is 13.8 Å². The number of hydrogen-bond acceptors (Lipinski definition) is 3. The highest BCUT2D eigenvalue weighted by atomic mass is 16.1. The number of amides is 1. The van der Waals surface area contributed by atoms with Crippen LogP contribution in [0.1, 0.15) is 37.2 Å². The van der Waals surface area contributed by atoms with Crippen LogP contribution in [0.25, 0.3) is 5.65 Å². The number of nitrogens with zero attached hydrogens (tertiary/aromatic N) is 3. The number of fused-ring (bicyclic) bond motifs is 1. The van der Waals surface area contributed by atoms with E-state index in [1.807, 2.05) is 44.3 Å². The fraction of sp³-hybridized carbons (Fsp3) is 0.364. The van der Waals surface area contributed by atoms with Crippen molar-refractivity contribution in [3.8, 4) is 0 Å². The molecule has 3 rings (SSSR count). The van der Waals surface area contributed by atoms with E-state index in [9.17, 15) is 4.79 Å². The van der Waals surface area contributed by atoms with Crippen molar-refractivity contribution in [2.75, 3.05) is 23.3 Å². The Kier molecular flexibility index (Phi) is 5.79. The van der Waals surface area contributed by atoms with Crippen molar-refractivity contribution in [3.05, 3.63) is 59.5 Å². The molecule has 2 heterocycles. The summed E-state index contributed by atoms with van der Waals surface area (Å²) in [6.45, 7) is 10.3. The van der Waals surface area contributed by atoms with Crippen LogP contribution in [0.15, 0.2) is 42.6 Å². The summed E-state index contributed by atoms with van der Waals surface area (Å²) in [6.07, 6.45) is 3.10. The highest BCUT2D eigenvalue weighted by molar-refractivity contribution is 5.91. The van der Waals surface area contributed by atoms with E-state index >= 15 is 0 Å². The van der Waals surface area contributed by atoms with Crippen molar-refractivity contribution in [2.24, 2.45) is 0 Å².